The van der Waals surface area contributed by atoms with Gasteiger partial charge in [-0.1, -0.05) is 51.1 Å². The molecule has 166 valence electrons. The maximum absolute atomic E-state index is 12.1. The van der Waals surface area contributed by atoms with E-state index in [1.807, 2.05) is 30.3 Å². The Morgan fingerprint density at radius 1 is 1.23 bits per heavy atom. The minimum Gasteiger partial charge on any atom is -0.480 e. The first kappa shape index (κ1) is 25.1. The first-order valence-electron chi connectivity index (χ1n) is 9.90. The summed E-state index contributed by atoms with van der Waals surface area (Å²) in [5.41, 5.74) is 1.02. The van der Waals surface area contributed by atoms with Crippen LogP contribution in [0, 0.1) is 5.41 Å². The molecule has 0 aromatic heterocycles. The topological polar surface area (TPSA) is 113 Å². The van der Waals surface area contributed by atoms with Gasteiger partial charge in [0.25, 0.3) is 0 Å². The second-order valence-electron chi connectivity index (χ2n) is 8.53. The lowest BCUT2D eigenvalue weighted by atomic mass is 9.91. The molecule has 30 heavy (non-hydrogen) atoms. The lowest BCUT2D eigenvalue weighted by Gasteiger charge is -2.21. The fourth-order valence-corrected chi connectivity index (χ4v) is 3.01. The van der Waals surface area contributed by atoms with Crippen LogP contribution in [-0.2, 0) is 25.7 Å². The van der Waals surface area contributed by atoms with Gasteiger partial charge in [0.2, 0.25) is 5.91 Å². The van der Waals surface area contributed by atoms with Gasteiger partial charge in [0.1, 0.15) is 24.5 Å². The minimum absolute atomic E-state index is 0.114. The number of carbonyl (C=O) groups is 4. The van der Waals surface area contributed by atoms with Gasteiger partial charge in [-0.2, -0.15) is 0 Å². The van der Waals surface area contributed by atoms with Crippen molar-refractivity contribution < 1.29 is 29.0 Å². The van der Waals surface area contributed by atoms with E-state index in [1.54, 1.807) is 6.92 Å². The molecule has 0 spiro atoms. The number of carboxylic acids is 1. The Hall–Kier alpha value is -2.90. The van der Waals surface area contributed by atoms with Crippen molar-refractivity contribution in [1.82, 2.24) is 10.2 Å². The average Bonchev–Trinajstić information content (AvgIpc) is 2.99. The number of amides is 2. The fourth-order valence-electron chi connectivity index (χ4n) is 3.01. The van der Waals surface area contributed by atoms with Gasteiger partial charge in [-0.25, -0.2) is 9.59 Å². The van der Waals surface area contributed by atoms with Crippen LogP contribution in [0.1, 0.15) is 53.0 Å². The molecule has 1 aromatic rings. The molecule has 1 aromatic carbocycles. The van der Waals surface area contributed by atoms with Crippen LogP contribution in [0.2, 0.25) is 0 Å². The average molecular weight is 421 g/mol. The van der Waals surface area contributed by atoms with E-state index in [-0.39, 0.29) is 17.8 Å². The number of carbonyl (C=O) groups excluding carboxylic acids is 3. The summed E-state index contributed by atoms with van der Waals surface area (Å²) in [7, 11) is 0. The maximum atomic E-state index is 12.1. The lowest BCUT2D eigenvalue weighted by molar-refractivity contribution is -0.147. The minimum atomic E-state index is -1.07. The molecule has 0 bridgehead atoms. The standard InChI is InChI=1S/C15H18N2O5.C7H14O/c1-10(14(19)20)17-8-7-12(13(17)18)16-15(21)22-9-11-5-3-2-4-6-11;1-6(8)5-7(2,3)4/h2-6,10,12H,7-9H2,1H3,(H,16,21)(H,19,20);5H2,1-4H3/t10-,12-;/m0./s1. The van der Waals surface area contributed by atoms with Crippen LogP contribution in [0.3, 0.4) is 0 Å². The first-order valence-corrected chi connectivity index (χ1v) is 9.90. The van der Waals surface area contributed by atoms with Crippen LogP contribution in [0.25, 0.3) is 0 Å². The van der Waals surface area contributed by atoms with Gasteiger partial charge in [0, 0.05) is 13.0 Å². The third-order valence-electron chi connectivity index (χ3n) is 4.35. The number of likely N-dealkylation sites (tertiary alicyclic amines) is 1. The van der Waals surface area contributed by atoms with Crippen molar-refractivity contribution in [2.24, 2.45) is 5.41 Å². The van der Waals surface area contributed by atoms with Crippen LogP contribution in [0.4, 0.5) is 4.79 Å². The molecule has 0 unspecified atom stereocenters. The van der Waals surface area contributed by atoms with Crippen molar-refractivity contribution in [1.29, 1.82) is 0 Å². The summed E-state index contributed by atoms with van der Waals surface area (Å²) in [5, 5.41) is 11.4. The van der Waals surface area contributed by atoms with Gasteiger partial charge in [-0.05, 0) is 31.2 Å². The molecule has 0 radical (unpaired) electrons. The molecule has 2 amide bonds. The summed E-state index contributed by atoms with van der Waals surface area (Å²) in [6.07, 6.45) is 0.371. The summed E-state index contributed by atoms with van der Waals surface area (Å²) < 4.78 is 5.04. The van der Waals surface area contributed by atoms with Crippen molar-refractivity contribution in [2.75, 3.05) is 6.54 Å². The smallest absolute Gasteiger partial charge is 0.408 e. The predicted octanol–water partition coefficient (Wildman–Crippen LogP) is 3.00. The highest BCUT2D eigenvalue weighted by molar-refractivity contribution is 5.90. The Morgan fingerprint density at radius 3 is 2.30 bits per heavy atom. The van der Waals surface area contributed by atoms with Crippen molar-refractivity contribution in [3.63, 3.8) is 0 Å². The number of ketones is 1. The highest BCUT2D eigenvalue weighted by atomic mass is 16.5. The highest BCUT2D eigenvalue weighted by Crippen LogP contribution is 2.18. The van der Waals surface area contributed by atoms with E-state index >= 15 is 0 Å². The summed E-state index contributed by atoms with van der Waals surface area (Å²) in [6.45, 7) is 9.68. The molecule has 1 aliphatic heterocycles. The largest absolute Gasteiger partial charge is 0.480 e. The van der Waals surface area contributed by atoms with Gasteiger partial charge >= 0.3 is 12.1 Å². The second kappa shape index (κ2) is 11.3. The van der Waals surface area contributed by atoms with E-state index in [1.165, 1.54) is 11.8 Å². The van der Waals surface area contributed by atoms with E-state index in [9.17, 15) is 19.2 Å². The SMILES string of the molecule is CC(=O)CC(C)(C)C.C[C@@H](C(=O)O)N1CC[C@H](NC(=O)OCc2ccccc2)C1=O. The van der Waals surface area contributed by atoms with Crippen LogP contribution in [-0.4, -0.2) is 52.4 Å². The molecule has 1 heterocycles. The van der Waals surface area contributed by atoms with Gasteiger partial charge in [0.15, 0.2) is 0 Å². The number of ether oxygens (including phenoxy) is 1. The number of nitrogens with one attached hydrogen (secondary N) is 1. The fraction of sp³-hybridized carbons (Fsp3) is 0.545. The monoisotopic (exact) mass is 420 g/mol. The Bertz CT molecular complexity index is 742. The number of rotatable bonds is 6. The molecule has 2 rings (SSSR count). The summed E-state index contributed by atoms with van der Waals surface area (Å²) >= 11 is 0. The maximum Gasteiger partial charge on any atom is 0.408 e. The number of hydrogen-bond donors (Lipinski definition) is 2. The molecule has 1 fully saturated rings. The summed E-state index contributed by atoms with van der Waals surface area (Å²) in [5.74, 6) is -1.19. The van der Waals surface area contributed by atoms with Gasteiger partial charge in [-0.15, -0.1) is 0 Å². The zero-order chi connectivity index (χ0) is 22.9. The van der Waals surface area contributed by atoms with E-state index < -0.39 is 30.1 Å². The van der Waals surface area contributed by atoms with Crippen molar-refractivity contribution >= 4 is 23.8 Å². The normalized spacial score (nSPS) is 16.9. The molecule has 8 nitrogen and oxygen atoms in total. The molecule has 2 atom stereocenters. The number of nitrogens with zero attached hydrogens (tertiary/aromatic N) is 1. The second-order valence-corrected chi connectivity index (χ2v) is 8.53. The van der Waals surface area contributed by atoms with E-state index in [2.05, 4.69) is 26.1 Å². The van der Waals surface area contributed by atoms with Crippen molar-refractivity contribution in [3.05, 3.63) is 35.9 Å². The Kier molecular flexibility index (Phi) is 9.49. The van der Waals surface area contributed by atoms with Crippen molar-refractivity contribution in [3.8, 4) is 0 Å². The molecule has 0 saturated carbocycles. The number of hydrogen-bond acceptors (Lipinski definition) is 5. The number of Topliss-reactive ketones (excluding diaryl/α,β-unsaturated/α-hetero) is 1. The lowest BCUT2D eigenvalue weighted by Crippen LogP contribution is -2.46. The number of benzene rings is 1. The molecular weight excluding hydrogens is 388 g/mol. The van der Waals surface area contributed by atoms with Gasteiger partial charge < -0.3 is 24.9 Å². The van der Waals surface area contributed by atoms with Crippen LogP contribution in [0.15, 0.2) is 30.3 Å². The number of aliphatic carboxylic acids is 1. The van der Waals surface area contributed by atoms with Crippen molar-refractivity contribution in [2.45, 2.75) is 66.2 Å². The van der Waals surface area contributed by atoms with E-state index in [4.69, 9.17) is 9.84 Å². The predicted molar refractivity (Wildman–Crippen MR) is 112 cm³/mol. The van der Waals surface area contributed by atoms with E-state index in [0.29, 0.717) is 19.4 Å². The molecule has 1 aliphatic rings. The van der Waals surface area contributed by atoms with Crippen LogP contribution < -0.4 is 5.32 Å². The van der Waals surface area contributed by atoms with Gasteiger partial charge in [0.05, 0.1) is 0 Å². The Morgan fingerprint density at radius 2 is 1.83 bits per heavy atom. The zero-order valence-electron chi connectivity index (χ0n) is 18.3. The molecule has 0 aliphatic carbocycles. The molecule has 2 N–H and O–H groups in total. The quantitative estimate of drug-likeness (QED) is 0.731. The summed E-state index contributed by atoms with van der Waals surface area (Å²) in [6, 6.07) is 7.54. The molecule has 8 heteroatoms. The highest BCUT2D eigenvalue weighted by Gasteiger charge is 2.37. The molecule has 1 saturated heterocycles. The third kappa shape index (κ3) is 9.07. The van der Waals surface area contributed by atoms with Crippen LogP contribution in [0.5, 0.6) is 0 Å². The Labute approximate surface area is 177 Å². The van der Waals surface area contributed by atoms with Gasteiger partial charge in [-0.3, -0.25) is 4.79 Å². The molecular formula is C22H32N2O6. The number of carboxylic acid groups (broad SMARTS) is 1. The van der Waals surface area contributed by atoms with E-state index in [0.717, 1.165) is 5.56 Å². The Balaban J connectivity index is 0.000000479. The first-order chi connectivity index (χ1) is 13.9. The summed E-state index contributed by atoms with van der Waals surface area (Å²) in [4.78, 5) is 46.4. The zero-order valence-corrected chi connectivity index (χ0v) is 18.3. The van der Waals surface area contributed by atoms with Crippen LogP contribution >= 0.6 is 0 Å². The number of alkyl carbamates (subject to hydrolysis) is 1. The third-order valence-corrected chi connectivity index (χ3v) is 4.35.